The summed E-state index contributed by atoms with van der Waals surface area (Å²) in [5.74, 6) is 1.11. The van der Waals surface area contributed by atoms with Crippen LogP contribution in [0.3, 0.4) is 0 Å². The molecule has 1 aliphatic heterocycles. The Labute approximate surface area is 118 Å². The highest BCUT2D eigenvalue weighted by atomic mass is 35.5. The fourth-order valence-corrected chi connectivity index (χ4v) is 3.52. The molecular weight excluding hydrogens is 266 g/mol. The number of halogens is 1. The van der Waals surface area contributed by atoms with Crippen LogP contribution in [0.25, 0.3) is 0 Å². The van der Waals surface area contributed by atoms with E-state index in [2.05, 4.69) is 18.7 Å². The van der Waals surface area contributed by atoms with Crippen LogP contribution in [0.2, 0.25) is 5.02 Å². The fourth-order valence-electron chi connectivity index (χ4n) is 2.11. The van der Waals surface area contributed by atoms with Crippen LogP contribution in [0.15, 0.2) is 18.2 Å². The highest BCUT2D eigenvalue weighted by molar-refractivity contribution is 8.00. The lowest BCUT2D eigenvalue weighted by atomic mass is 10.1. The van der Waals surface area contributed by atoms with Crippen molar-refractivity contribution >= 4 is 35.3 Å². The first kappa shape index (κ1) is 13.8. The van der Waals surface area contributed by atoms with Crippen LogP contribution in [-0.2, 0) is 0 Å². The Balaban J connectivity index is 2.18. The molecule has 1 saturated heterocycles. The number of thioether (sulfide) groups is 1. The molecule has 0 aliphatic carbocycles. The van der Waals surface area contributed by atoms with Crippen LogP contribution in [-0.4, -0.2) is 29.9 Å². The van der Waals surface area contributed by atoms with Crippen molar-refractivity contribution in [2.45, 2.75) is 25.0 Å². The molecule has 1 heterocycles. The quantitative estimate of drug-likeness (QED) is 0.769. The lowest BCUT2D eigenvalue weighted by Crippen LogP contribution is -2.27. The summed E-state index contributed by atoms with van der Waals surface area (Å²) in [4.78, 5) is 13.0. The zero-order valence-corrected chi connectivity index (χ0v) is 12.4. The fraction of sp³-hybridized carbons (Fsp3) is 0.500. The van der Waals surface area contributed by atoms with Crippen molar-refractivity contribution in [3.05, 3.63) is 28.8 Å². The molecule has 0 bridgehead atoms. The number of rotatable bonds is 2. The third-order valence-corrected chi connectivity index (χ3v) is 4.96. The molecule has 2 nitrogen and oxygen atoms in total. The second kappa shape index (κ2) is 5.54. The molecule has 0 spiro atoms. The predicted octanol–water partition coefficient (Wildman–Crippen LogP) is 3.87. The van der Waals surface area contributed by atoms with Gasteiger partial charge in [-0.1, -0.05) is 25.4 Å². The zero-order chi connectivity index (χ0) is 13.2. The minimum atomic E-state index is 0.337. The summed E-state index contributed by atoms with van der Waals surface area (Å²) in [6.45, 7) is 6.60. The van der Waals surface area contributed by atoms with Crippen LogP contribution in [0, 0.1) is 0 Å². The first-order valence-corrected chi connectivity index (χ1v) is 7.52. The van der Waals surface area contributed by atoms with E-state index in [0.717, 1.165) is 37.2 Å². The standard InChI is InChI=1S/C14H18ClNOS/c1-14(2)5-6-16(7-8-18-14)13-4-3-11(10-17)9-12(13)15/h3-4,9-10H,5-8H2,1-2H3. The molecule has 0 atom stereocenters. The van der Waals surface area contributed by atoms with Crippen molar-refractivity contribution in [1.29, 1.82) is 0 Å². The molecular formula is C14H18ClNOS. The normalized spacial score (nSPS) is 19.4. The van der Waals surface area contributed by atoms with Crippen molar-refractivity contribution in [3.63, 3.8) is 0 Å². The first-order chi connectivity index (χ1) is 8.52. The number of hydrogen-bond acceptors (Lipinski definition) is 3. The van der Waals surface area contributed by atoms with Crippen LogP contribution in [0.4, 0.5) is 5.69 Å². The Morgan fingerprint density at radius 1 is 1.39 bits per heavy atom. The van der Waals surface area contributed by atoms with E-state index in [1.807, 2.05) is 23.9 Å². The monoisotopic (exact) mass is 283 g/mol. The summed E-state index contributed by atoms with van der Waals surface area (Å²) in [6.07, 6.45) is 1.97. The van der Waals surface area contributed by atoms with E-state index in [0.29, 0.717) is 15.3 Å². The third-order valence-electron chi connectivity index (χ3n) is 3.29. The van der Waals surface area contributed by atoms with E-state index in [1.165, 1.54) is 0 Å². The van der Waals surface area contributed by atoms with E-state index in [9.17, 15) is 4.79 Å². The molecule has 1 aliphatic rings. The molecule has 0 aromatic heterocycles. The molecule has 0 radical (unpaired) electrons. The van der Waals surface area contributed by atoms with Gasteiger partial charge in [0.1, 0.15) is 6.29 Å². The van der Waals surface area contributed by atoms with Crippen molar-refractivity contribution in [2.75, 3.05) is 23.7 Å². The highest BCUT2D eigenvalue weighted by Gasteiger charge is 2.24. The van der Waals surface area contributed by atoms with E-state index < -0.39 is 0 Å². The number of carbonyl (C=O) groups excluding carboxylic acids is 1. The van der Waals surface area contributed by atoms with Gasteiger partial charge in [0.15, 0.2) is 0 Å². The molecule has 2 rings (SSSR count). The Kier molecular flexibility index (Phi) is 4.23. The van der Waals surface area contributed by atoms with E-state index in [4.69, 9.17) is 11.6 Å². The van der Waals surface area contributed by atoms with Crippen LogP contribution in [0.5, 0.6) is 0 Å². The summed E-state index contributed by atoms with van der Waals surface area (Å²) in [5.41, 5.74) is 1.67. The zero-order valence-electron chi connectivity index (χ0n) is 10.8. The second-order valence-electron chi connectivity index (χ2n) is 5.17. The van der Waals surface area contributed by atoms with Crippen LogP contribution >= 0.6 is 23.4 Å². The largest absolute Gasteiger partial charge is 0.369 e. The predicted molar refractivity (Wildman–Crippen MR) is 80.2 cm³/mol. The lowest BCUT2D eigenvalue weighted by molar-refractivity contribution is 0.112. The number of nitrogens with zero attached hydrogens (tertiary/aromatic N) is 1. The molecule has 1 aromatic rings. The van der Waals surface area contributed by atoms with Crippen molar-refractivity contribution in [1.82, 2.24) is 0 Å². The number of aldehydes is 1. The van der Waals surface area contributed by atoms with Gasteiger partial charge in [-0.15, -0.1) is 0 Å². The minimum Gasteiger partial charge on any atom is -0.369 e. The number of anilines is 1. The summed E-state index contributed by atoms with van der Waals surface area (Å²) < 4.78 is 0.337. The van der Waals surface area contributed by atoms with Gasteiger partial charge in [0, 0.05) is 29.2 Å². The minimum absolute atomic E-state index is 0.337. The number of hydrogen-bond donors (Lipinski definition) is 0. The average molecular weight is 284 g/mol. The van der Waals surface area contributed by atoms with Gasteiger partial charge in [0.25, 0.3) is 0 Å². The van der Waals surface area contributed by atoms with E-state index in [-0.39, 0.29) is 0 Å². The Bertz CT molecular complexity index is 447. The Hall–Kier alpha value is -0.670. The topological polar surface area (TPSA) is 20.3 Å². The van der Waals surface area contributed by atoms with Gasteiger partial charge in [0.05, 0.1) is 10.7 Å². The molecule has 1 fully saturated rings. The molecule has 0 saturated carbocycles. The Morgan fingerprint density at radius 2 is 2.17 bits per heavy atom. The lowest BCUT2D eigenvalue weighted by Gasteiger charge is -2.25. The molecule has 0 amide bonds. The molecule has 0 unspecified atom stereocenters. The van der Waals surface area contributed by atoms with Gasteiger partial charge in [-0.25, -0.2) is 0 Å². The van der Waals surface area contributed by atoms with Crippen molar-refractivity contribution in [2.24, 2.45) is 0 Å². The highest BCUT2D eigenvalue weighted by Crippen LogP contribution is 2.34. The maximum Gasteiger partial charge on any atom is 0.150 e. The van der Waals surface area contributed by atoms with Crippen molar-refractivity contribution in [3.8, 4) is 0 Å². The van der Waals surface area contributed by atoms with E-state index in [1.54, 1.807) is 6.07 Å². The average Bonchev–Trinajstić information content (AvgIpc) is 2.50. The molecule has 98 valence electrons. The summed E-state index contributed by atoms with van der Waals surface area (Å²) in [7, 11) is 0. The maximum atomic E-state index is 10.7. The summed E-state index contributed by atoms with van der Waals surface area (Å²) in [6, 6.07) is 5.53. The molecule has 0 N–H and O–H groups in total. The smallest absolute Gasteiger partial charge is 0.150 e. The number of carbonyl (C=O) groups is 1. The van der Waals surface area contributed by atoms with Gasteiger partial charge in [-0.3, -0.25) is 4.79 Å². The van der Waals surface area contributed by atoms with Gasteiger partial charge >= 0.3 is 0 Å². The van der Waals surface area contributed by atoms with Gasteiger partial charge in [-0.2, -0.15) is 11.8 Å². The number of benzene rings is 1. The van der Waals surface area contributed by atoms with E-state index >= 15 is 0 Å². The Morgan fingerprint density at radius 3 is 2.83 bits per heavy atom. The van der Waals surface area contributed by atoms with Crippen molar-refractivity contribution < 1.29 is 4.79 Å². The summed E-state index contributed by atoms with van der Waals surface area (Å²) in [5, 5.41) is 0.671. The first-order valence-electron chi connectivity index (χ1n) is 6.15. The SMILES string of the molecule is CC1(C)CCN(c2ccc(C=O)cc2Cl)CCS1. The van der Waals surface area contributed by atoms with Gasteiger partial charge < -0.3 is 4.90 Å². The second-order valence-corrected chi connectivity index (χ2v) is 7.38. The van der Waals surface area contributed by atoms with Gasteiger partial charge in [-0.05, 0) is 24.6 Å². The molecule has 18 heavy (non-hydrogen) atoms. The third kappa shape index (κ3) is 3.21. The van der Waals surface area contributed by atoms with Crippen LogP contribution < -0.4 is 4.90 Å². The van der Waals surface area contributed by atoms with Gasteiger partial charge in [0.2, 0.25) is 0 Å². The maximum absolute atomic E-state index is 10.7. The molecule has 4 heteroatoms. The summed E-state index contributed by atoms with van der Waals surface area (Å²) >= 11 is 8.27. The molecule has 1 aromatic carbocycles. The van der Waals surface area contributed by atoms with Crippen LogP contribution in [0.1, 0.15) is 30.6 Å².